The molecule has 1 aromatic rings. The first-order chi connectivity index (χ1) is 7.29. The maximum atomic E-state index is 11.4. The largest absolute Gasteiger partial charge is 0.308 e. The Morgan fingerprint density at radius 1 is 1.40 bits per heavy atom. The second kappa shape index (κ2) is 4.90. The van der Waals surface area contributed by atoms with Gasteiger partial charge in [-0.2, -0.15) is 0 Å². The third-order valence-corrected chi connectivity index (χ3v) is 4.23. The van der Waals surface area contributed by atoms with Gasteiger partial charge in [0.05, 0.1) is 0 Å². The van der Waals surface area contributed by atoms with Crippen molar-refractivity contribution in [2.75, 3.05) is 18.1 Å². The van der Waals surface area contributed by atoms with Crippen LogP contribution in [0.4, 0.5) is 0 Å². The molecule has 0 radical (unpaired) electrons. The normalized spacial score (nSPS) is 26.5. The van der Waals surface area contributed by atoms with Gasteiger partial charge in [-0.15, -0.1) is 0 Å². The second-order valence-corrected chi connectivity index (χ2v) is 5.53. The molecule has 0 amide bonds. The highest BCUT2D eigenvalue weighted by Gasteiger charge is 2.18. The van der Waals surface area contributed by atoms with Crippen LogP contribution < -0.4 is 5.32 Å². The fourth-order valence-corrected chi connectivity index (χ4v) is 3.07. The molecule has 1 N–H and O–H groups in total. The molecular weight excluding hydrogens is 206 g/mol. The third kappa shape index (κ3) is 2.67. The van der Waals surface area contributed by atoms with Crippen LogP contribution in [0.2, 0.25) is 0 Å². The summed E-state index contributed by atoms with van der Waals surface area (Å²) in [5, 5.41) is 3.41. The van der Waals surface area contributed by atoms with E-state index in [4.69, 9.17) is 0 Å². The Balaban J connectivity index is 2.11. The molecule has 82 valence electrons. The van der Waals surface area contributed by atoms with Crippen LogP contribution in [0.5, 0.6) is 0 Å². The summed E-state index contributed by atoms with van der Waals surface area (Å²) in [4.78, 5) is 0. The summed E-state index contributed by atoms with van der Waals surface area (Å²) in [5.74, 6) is 1.55. The van der Waals surface area contributed by atoms with Crippen molar-refractivity contribution in [2.24, 2.45) is 0 Å². The third-order valence-electron chi connectivity index (χ3n) is 2.86. The van der Waals surface area contributed by atoms with Gasteiger partial charge >= 0.3 is 0 Å². The van der Waals surface area contributed by atoms with Gasteiger partial charge in [0.1, 0.15) is 0 Å². The summed E-state index contributed by atoms with van der Waals surface area (Å²) in [6.07, 6.45) is 1.07. The Morgan fingerprint density at radius 3 is 2.73 bits per heavy atom. The van der Waals surface area contributed by atoms with E-state index < -0.39 is 10.8 Å². The minimum absolute atomic E-state index is 0.283. The van der Waals surface area contributed by atoms with Gasteiger partial charge < -0.3 is 5.32 Å². The van der Waals surface area contributed by atoms with E-state index in [0.29, 0.717) is 0 Å². The molecule has 0 saturated carbocycles. The first-order valence-electron chi connectivity index (χ1n) is 5.47. The van der Waals surface area contributed by atoms with Gasteiger partial charge in [-0.25, -0.2) is 0 Å². The Hall–Kier alpha value is -0.670. The molecule has 0 aliphatic carbocycles. The molecule has 1 saturated heterocycles. The van der Waals surface area contributed by atoms with Crippen molar-refractivity contribution in [3.05, 3.63) is 35.4 Å². The zero-order chi connectivity index (χ0) is 10.7. The molecule has 3 heteroatoms. The molecule has 0 aromatic heterocycles. The summed E-state index contributed by atoms with van der Waals surface area (Å²) in [5.41, 5.74) is 2.62. The van der Waals surface area contributed by atoms with Crippen molar-refractivity contribution in [3.63, 3.8) is 0 Å². The molecule has 1 aliphatic rings. The number of aryl methyl sites for hydroxylation is 1. The molecule has 1 heterocycles. The molecule has 0 bridgehead atoms. The van der Waals surface area contributed by atoms with Gasteiger partial charge in [0.2, 0.25) is 0 Å². The highest BCUT2D eigenvalue weighted by Crippen LogP contribution is 2.17. The van der Waals surface area contributed by atoms with Crippen molar-refractivity contribution in [2.45, 2.75) is 19.4 Å². The number of nitrogens with one attached hydrogen (secondary N) is 1. The smallest absolute Gasteiger partial charge is 0.0437 e. The van der Waals surface area contributed by atoms with Gasteiger partial charge in [-0.05, 0) is 17.5 Å². The van der Waals surface area contributed by atoms with Crippen LogP contribution in [0.15, 0.2) is 24.3 Å². The lowest BCUT2D eigenvalue weighted by Crippen LogP contribution is -2.36. The zero-order valence-corrected chi connectivity index (χ0v) is 9.85. The topological polar surface area (TPSA) is 29.1 Å². The van der Waals surface area contributed by atoms with Crippen molar-refractivity contribution in [1.82, 2.24) is 5.32 Å². The zero-order valence-electron chi connectivity index (χ0n) is 9.03. The minimum atomic E-state index is -0.640. The van der Waals surface area contributed by atoms with E-state index in [1.54, 1.807) is 0 Å². The standard InChI is InChI=1S/C12H17NOS/c1-2-10-3-5-11(6-4-10)12-9-15(14)8-7-13-12/h3-6,12-13H,2,7-9H2,1H3. The lowest BCUT2D eigenvalue weighted by molar-refractivity contribution is 0.572. The van der Waals surface area contributed by atoms with Crippen molar-refractivity contribution in [3.8, 4) is 0 Å². The SMILES string of the molecule is CCc1ccc(C2CS(=O)CCN2)cc1. The predicted molar refractivity (Wildman–Crippen MR) is 64.4 cm³/mol. The highest BCUT2D eigenvalue weighted by atomic mass is 32.2. The Bertz CT molecular complexity index is 347. The number of hydrogen-bond acceptors (Lipinski definition) is 2. The molecule has 15 heavy (non-hydrogen) atoms. The minimum Gasteiger partial charge on any atom is -0.308 e. The molecule has 2 atom stereocenters. The predicted octanol–water partition coefficient (Wildman–Crippen LogP) is 1.64. The molecule has 2 unspecified atom stereocenters. The van der Waals surface area contributed by atoms with Gasteiger partial charge in [0.25, 0.3) is 0 Å². The molecule has 1 aliphatic heterocycles. The fourth-order valence-electron chi connectivity index (χ4n) is 1.87. The number of rotatable bonds is 2. The van der Waals surface area contributed by atoms with Crippen LogP contribution in [0.1, 0.15) is 24.1 Å². The van der Waals surface area contributed by atoms with E-state index in [1.807, 2.05) is 0 Å². The second-order valence-electron chi connectivity index (χ2n) is 3.91. The molecule has 2 rings (SSSR count). The van der Waals surface area contributed by atoms with Crippen molar-refractivity contribution in [1.29, 1.82) is 0 Å². The van der Waals surface area contributed by atoms with Gasteiger partial charge in [0.15, 0.2) is 0 Å². The number of hydrogen-bond donors (Lipinski definition) is 1. The average molecular weight is 223 g/mol. The highest BCUT2D eigenvalue weighted by molar-refractivity contribution is 7.85. The van der Waals surface area contributed by atoms with Crippen LogP contribution in [0.3, 0.4) is 0 Å². The molecule has 2 nitrogen and oxygen atoms in total. The lowest BCUT2D eigenvalue weighted by atomic mass is 10.0. The Kier molecular flexibility index (Phi) is 3.54. The van der Waals surface area contributed by atoms with E-state index in [1.165, 1.54) is 11.1 Å². The summed E-state index contributed by atoms with van der Waals surface area (Å²) in [6.45, 7) is 3.02. The average Bonchev–Trinajstić information content (AvgIpc) is 2.29. The summed E-state index contributed by atoms with van der Waals surface area (Å²) in [7, 11) is -0.640. The van der Waals surface area contributed by atoms with Crippen LogP contribution in [-0.2, 0) is 17.2 Å². The molecule has 0 spiro atoms. The number of benzene rings is 1. The summed E-state index contributed by atoms with van der Waals surface area (Å²) in [6, 6.07) is 8.91. The molecule has 1 fully saturated rings. The lowest BCUT2D eigenvalue weighted by Gasteiger charge is -2.23. The first kappa shape index (κ1) is 10.8. The first-order valence-corrected chi connectivity index (χ1v) is 6.95. The van der Waals surface area contributed by atoms with Crippen LogP contribution in [0, 0.1) is 0 Å². The van der Waals surface area contributed by atoms with E-state index in [0.717, 1.165) is 24.5 Å². The van der Waals surface area contributed by atoms with Gasteiger partial charge in [-0.1, -0.05) is 31.2 Å². The Morgan fingerprint density at radius 2 is 2.13 bits per heavy atom. The van der Waals surface area contributed by atoms with Gasteiger partial charge in [0, 0.05) is 34.9 Å². The Labute approximate surface area is 93.5 Å². The van der Waals surface area contributed by atoms with Crippen molar-refractivity contribution < 1.29 is 4.21 Å². The monoisotopic (exact) mass is 223 g/mol. The van der Waals surface area contributed by atoms with Crippen LogP contribution in [-0.4, -0.2) is 22.3 Å². The van der Waals surface area contributed by atoms with Crippen LogP contribution in [0.25, 0.3) is 0 Å². The van der Waals surface area contributed by atoms with E-state index in [2.05, 4.69) is 36.5 Å². The maximum absolute atomic E-state index is 11.4. The van der Waals surface area contributed by atoms with Crippen LogP contribution >= 0.6 is 0 Å². The summed E-state index contributed by atoms with van der Waals surface area (Å²) >= 11 is 0. The quantitative estimate of drug-likeness (QED) is 0.826. The van der Waals surface area contributed by atoms with E-state index in [9.17, 15) is 4.21 Å². The van der Waals surface area contributed by atoms with Crippen molar-refractivity contribution >= 4 is 10.8 Å². The molecule has 1 aromatic carbocycles. The molecular formula is C12H17NOS. The summed E-state index contributed by atoms with van der Waals surface area (Å²) < 4.78 is 11.4. The van der Waals surface area contributed by atoms with E-state index in [-0.39, 0.29) is 6.04 Å². The fraction of sp³-hybridized carbons (Fsp3) is 0.500. The van der Waals surface area contributed by atoms with Gasteiger partial charge in [-0.3, -0.25) is 4.21 Å². The maximum Gasteiger partial charge on any atom is 0.0437 e. The van der Waals surface area contributed by atoms with E-state index >= 15 is 0 Å².